The molecule has 0 aliphatic carbocycles. The minimum absolute atomic E-state index is 0.124. The number of nitro groups is 1. The number of benzene rings is 3. The highest BCUT2D eigenvalue weighted by Crippen LogP contribution is 2.25. The number of hydrogen-bond acceptors (Lipinski definition) is 5. The SMILES string of the molecule is Cc1ccc(C(=O)Nc2ccc(N(C)C)c(C(=O)NCc3ccccc3)c2)cc1[N+](=O)[O-]. The molecule has 0 unspecified atom stereocenters. The molecule has 2 amide bonds. The van der Waals surface area contributed by atoms with Crippen molar-refractivity contribution in [2.75, 3.05) is 24.3 Å². The first-order valence-electron chi connectivity index (χ1n) is 9.96. The molecule has 8 heteroatoms. The zero-order valence-electron chi connectivity index (χ0n) is 18.1. The number of nitrogens with zero attached hydrogens (tertiary/aromatic N) is 2. The molecule has 3 aromatic rings. The maximum Gasteiger partial charge on any atom is 0.273 e. The van der Waals surface area contributed by atoms with Gasteiger partial charge in [0.25, 0.3) is 17.5 Å². The van der Waals surface area contributed by atoms with E-state index in [9.17, 15) is 19.7 Å². The highest BCUT2D eigenvalue weighted by atomic mass is 16.6. The van der Waals surface area contributed by atoms with Gasteiger partial charge in [-0.1, -0.05) is 36.4 Å². The van der Waals surface area contributed by atoms with Crippen LogP contribution in [0.1, 0.15) is 31.8 Å². The predicted octanol–water partition coefficient (Wildman–Crippen LogP) is 4.15. The standard InChI is InChI=1S/C24H24N4O4/c1-16-9-10-18(13-22(16)28(31)32)23(29)26-19-11-12-21(27(2)3)20(14-19)24(30)25-15-17-7-5-4-6-8-17/h4-14H,15H2,1-3H3,(H,25,30)(H,26,29). The molecule has 0 saturated carbocycles. The van der Waals surface area contributed by atoms with E-state index in [1.54, 1.807) is 25.1 Å². The Hall–Kier alpha value is -4.20. The van der Waals surface area contributed by atoms with Crippen molar-refractivity contribution in [1.82, 2.24) is 5.32 Å². The van der Waals surface area contributed by atoms with Crippen LogP contribution < -0.4 is 15.5 Å². The number of amides is 2. The van der Waals surface area contributed by atoms with Gasteiger partial charge < -0.3 is 15.5 Å². The van der Waals surface area contributed by atoms with Gasteiger partial charge in [0.1, 0.15) is 0 Å². The monoisotopic (exact) mass is 432 g/mol. The second kappa shape index (κ2) is 9.74. The molecule has 0 atom stereocenters. The molecule has 0 bridgehead atoms. The molecule has 164 valence electrons. The predicted molar refractivity (Wildman–Crippen MR) is 124 cm³/mol. The van der Waals surface area contributed by atoms with Crippen molar-refractivity contribution in [2.24, 2.45) is 0 Å². The van der Waals surface area contributed by atoms with E-state index in [-0.39, 0.29) is 17.2 Å². The second-order valence-corrected chi connectivity index (χ2v) is 7.51. The molecule has 0 saturated heterocycles. The summed E-state index contributed by atoms with van der Waals surface area (Å²) in [6.45, 7) is 1.98. The van der Waals surface area contributed by atoms with Crippen LogP contribution in [0.5, 0.6) is 0 Å². The number of nitrogens with one attached hydrogen (secondary N) is 2. The van der Waals surface area contributed by atoms with Gasteiger partial charge in [-0.15, -0.1) is 0 Å². The molecule has 3 rings (SSSR count). The zero-order chi connectivity index (χ0) is 23.3. The Morgan fingerprint density at radius 2 is 1.69 bits per heavy atom. The molecule has 32 heavy (non-hydrogen) atoms. The minimum atomic E-state index is -0.521. The lowest BCUT2D eigenvalue weighted by molar-refractivity contribution is -0.385. The Kier molecular flexibility index (Phi) is 6.84. The summed E-state index contributed by atoms with van der Waals surface area (Å²) in [5.41, 5.74) is 2.99. The number of hydrogen-bond donors (Lipinski definition) is 2. The van der Waals surface area contributed by atoms with E-state index in [2.05, 4.69) is 10.6 Å². The normalized spacial score (nSPS) is 10.3. The summed E-state index contributed by atoms with van der Waals surface area (Å²) in [5.74, 6) is -0.777. The highest BCUT2D eigenvalue weighted by molar-refractivity contribution is 6.06. The molecule has 0 aromatic heterocycles. The number of anilines is 2. The number of carbonyl (C=O) groups excluding carboxylic acids is 2. The number of nitro benzene ring substituents is 1. The van der Waals surface area contributed by atoms with Gasteiger partial charge in [-0.2, -0.15) is 0 Å². The Morgan fingerprint density at radius 1 is 0.969 bits per heavy atom. The molecule has 2 N–H and O–H groups in total. The van der Waals surface area contributed by atoms with Gasteiger partial charge >= 0.3 is 0 Å². The molecule has 0 heterocycles. The summed E-state index contributed by atoms with van der Waals surface area (Å²) in [7, 11) is 3.65. The van der Waals surface area contributed by atoms with Crippen LogP contribution in [0.3, 0.4) is 0 Å². The molecule has 8 nitrogen and oxygen atoms in total. The van der Waals surface area contributed by atoms with Crippen LogP contribution in [0, 0.1) is 17.0 Å². The first kappa shape index (κ1) is 22.5. The minimum Gasteiger partial charge on any atom is -0.377 e. The van der Waals surface area contributed by atoms with Crippen LogP contribution in [-0.4, -0.2) is 30.8 Å². The Morgan fingerprint density at radius 3 is 2.34 bits per heavy atom. The molecule has 0 aliphatic heterocycles. The number of aryl methyl sites for hydroxylation is 1. The fourth-order valence-electron chi connectivity index (χ4n) is 3.21. The van der Waals surface area contributed by atoms with E-state index >= 15 is 0 Å². The van der Waals surface area contributed by atoms with Crippen LogP contribution in [0.15, 0.2) is 66.7 Å². The summed E-state index contributed by atoms with van der Waals surface area (Å²) in [5, 5.41) is 16.8. The number of carbonyl (C=O) groups is 2. The lowest BCUT2D eigenvalue weighted by atomic mass is 10.1. The summed E-state index contributed by atoms with van der Waals surface area (Å²) in [4.78, 5) is 38.0. The van der Waals surface area contributed by atoms with Gasteiger partial charge in [0.2, 0.25) is 0 Å². The maximum absolute atomic E-state index is 12.9. The third-order valence-corrected chi connectivity index (χ3v) is 4.94. The molecule has 0 aliphatic rings. The third-order valence-electron chi connectivity index (χ3n) is 4.94. The molecular formula is C24H24N4O4. The van der Waals surface area contributed by atoms with Crippen molar-refractivity contribution in [3.63, 3.8) is 0 Å². The fraction of sp³-hybridized carbons (Fsp3) is 0.167. The van der Waals surface area contributed by atoms with Crippen LogP contribution >= 0.6 is 0 Å². The van der Waals surface area contributed by atoms with Gasteiger partial charge in [-0.25, -0.2) is 0 Å². The third kappa shape index (κ3) is 5.28. The smallest absolute Gasteiger partial charge is 0.273 e. The second-order valence-electron chi connectivity index (χ2n) is 7.51. The molecule has 0 fully saturated rings. The van der Waals surface area contributed by atoms with Gasteiger partial charge in [0.05, 0.1) is 10.5 Å². The molecule has 3 aromatic carbocycles. The van der Waals surface area contributed by atoms with Gasteiger partial charge in [-0.05, 0) is 36.8 Å². The van der Waals surface area contributed by atoms with Crippen molar-refractivity contribution in [1.29, 1.82) is 0 Å². The van der Waals surface area contributed by atoms with Gasteiger partial charge in [0, 0.05) is 49.2 Å². The van der Waals surface area contributed by atoms with Crippen molar-refractivity contribution in [3.8, 4) is 0 Å². The van der Waals surface area contributed by atoms with Crippen molar-refractivity contribution in [2.45, 2.75) is 13.5 Å². The summed E-state index contributed by atoms with van der Waals surface area (Å²) in [6.07, 6.45) is 0. The summed E-state index contributed by atoms with van der Waals surface area (Å²) >= 11 is 0. The van der Waals surface area contributed by atoms with Gasteiger partial charge in [-0.3, -0.25) is 19.7 Å². The van der Waals surface area contributed by atoms with Crippen LogP contribution in [0.2, 0.25) is 0 Å². The van der Waals surface area contributed by atoms with E-state index in [0.717, 1.165) is 5.56 Å². The quantitative estimate of drug-likeness (QED) is 0.431. The van der Waals surface area contributed by atoms with Crippen LogP contribution in [-0.2, 0) is 6.54 Å². The first-order valence-corrected chi connectivity index (χ1v) is 9.96. The largest absolute Gasteiger partial charge is 0.377 e. The summed E-state index contributed by atoms with van der Waals surface area (Å²) in [6, 6.07) is 18.9. The first-order chi connectivity index (χ1) is 15.3. The Balaban J connectivity index is 1.82. The lowest BCUT2D eigenvalue weighted by Gasteiger charge is -2.18. The van der Waals surface area contributed by atoms with E-state index in [4.69, 9.17) is 0 Å². The Labute approximate surface area is 186 Å². The lowest BCUT2D eigenvalue weighted by Crippen LogP contribution is -2.25. The Bertz CT molecular complexity index is 1160. The molecule has 0 radical (unpaired) electrons. The van der Waals surface area contributed by atoms with E-state index in [1.165, 1.54) is 18.2 Å². The van der Waals surface area contributed by atoms with Crippen molar-refractivity contribution < 1.29 is 14.5 Å². The van der Waals surface area contributed by atoms with Crippen LogP contribution in [0.25, 0.3) is 0 Å². The molecule has 0 spiro atoms. The van der Waals surface area contributed by atoms with E-state index in [1.807, 2.05) is 49.3 Å². The summed E-state index contributed by atoms with van der Waals surface area (Å²) < 4.78 is 0. The van der Waals surface area contributed by atoms with Crippen LogP contribution in [0.4, 0.5) is 17.1 Å². The molecular weight excluding hydrogens is 408 g/mol. The zero-order valence-corrected chi connectivity index (χ0v) is 18.1. The highest BCUT2D eigenvalue weighted by Gasteiger charge is 2.17. The van der Waals surface area contributed by atoms with Crippen molar-refractivity contribution in [3.05, 3.63) is 99.1 Å². The van der Waals surface area contributed by atoms with Gasteiger partial charge in [0.15, 0.2) is 0 Å². The topological polar surface area (TPSA) is 105 Å². The van der Waals surface area contributed by atoms with Crippen molar-refractivity contribution >= 4 is 28.9 Å². The maximum atomic E-state index is 12.9. The average molecular weight is 432 g/mol. The fourth-order valence-corrected chi connectivity index (χ4v) is 3.21. The van der Waals surface area contributed by atoms with E-state index < -0.39 is 10.8 Å². The number of rotatable bonds is 7. The van der Waals surface area contributed by atoms with E-state index in [0.29, 0.717) is 29.0 Å². The average Bonchev–Trinajstić information content (AvgIpc) is 2.78.